The topological polar surface area (TPSA) is 88.0 Å². The number of Topliss-reactive ketones (excluding diaryl/α,β-unsaturated/α-hetero) is 1. The van der Waals surface area contributed by atoms with E-state index in [4.69, 9.17) is 9.84 Å². The van der Waals surface area contributed by atoms with E-state index in [2.05, 4.69) is 26.5 Å². The predicted octanol–water partition coefficient (Wildman–Crippen LogP) is 2.68. The van der Waals surface area contributed by atoms with Gasteiger partial charge in [-0.15, -0.1) is 0 Å². The average molecular weight is 343 g/mol. The third-order valence-electron chi connectivity index (χ3n) is 2.40. The van der Waals surface area contributed by atoms with Crippen molar-refractivity contribution in [2.45, 2.75) is 19.8 Å². The van der Waals surface area contributed by atoms with Gasteiger partial charge in [0.15, 0.2) is 11.5 Å². The van der Waals surface area contributed by atoms with E-state index in [1.165, 1.54) is 7.11 Å². The number of hydrazone groups is 1. The number of hydrogen-bond acceptors (Lipinski definition) is 5. The summed E-state index contributed by atoms with van der Waals surface area (Å²) in [5.74, 6) is -1.39. The Kier molecular flexibility index (Phi) is 6.17. The quantitative estimate of drug-likeness (QED) is 0.451. The smallest absolute Gasteiger partial charge is 0.360 e. The number of benzene rings is 1. The van der Waals surface area contributed by atoms with Crippen molar-refractivity contribution >= 4 is 39.1 Å². The molecule has 0 aliphatic heterocycles. The molecule has 108 valence electrons. The fraction of sp³-hybridized carbons (Fsp3) is 0.308. The molecule has 0 saturated carbocycles. The van der Waals surface area contributed by atoms with Crippen LogP contribution in [0.3, 0.4) is 0 Å². The zero-order chi connectivity index (χ0) is 15.1. The second kappa shape index (κ2) is 7.64. The molecule has 0 aliphatic rings. The molecule has 1 aromatic carbocycles. The SMILES string of the molecule is CCCC(=O)C(=NNc1cccc(Br)c1OC)C(=O)O. The van der Waals surface area contributed by atoms with E-state index >= 15 is 0 Å². The molecule has 0 aromatic heterocycles. The van der Waals surface area contributed by atoms with Gasteiger partial charge in [0.25, 0.3) is 0 Å². The Morgan fingerprint density at radius 1 is 1.45 bits per heavy atom. The number of anilines is 1. The molecule has 20 heavy (non-hydrogen) atoms. The maximum absolute atomic E-state index is 11.6. The van der Waals surface area contributed by atoms with E-state index in [9.17, 15) is 9.59 Å². The van der Waals surface area contributed by atoms with E-state index in [0.717, 1.165) is 0 Å². The monoisotopic (exact) mass is 342 g/mol. The zero-order valence-electron chi connectivity index (χ0n) is 11.1. The summed E-state index contributed by atoms with van der Waals surface area (Å²) in [5, 5.41) is 12.7. The van der Waals surface area contributed by atoms with Crippen molar-refractivity contribution in [2.75, 3.05) is 12.5 Å². The lowest BCUT2D eigenvalue weighted by Crippen LogP contribution is -2.24. The number of carbonyl (C=O) groups is 2. The average Bonchev–Trinajstić information content (AvgIpc) is 2.39. The molecule has 0 aliphatic carbocycles. The summed E-state index contributed by atoms with van der Waals surface area (Å²) < 4.78 is 5.86. The molecule has 1 rings (SSSR count). The predicted molar refractivity (Wildman–Crippen MR) is 79.3 cm³/mol. The van der Waals surface area contributed by atoms with Gasteiger partial charge in [-0.2, -0.15) is 5.10 Å². The van der Waals surface area contributed by atoms with E-state index in [0.29, 0.717) is 22.3 Å². The summed E-state index contributed by atoms with van der Waals surface area (Å²) in [6.45, 7) is 1.79. The molecule has 0 bridgehead atoms. The number of carboxylic acid groups (broad SMARTS) is 1. The normalized spacial score (nSPS) is 11.1. The minimum atomic E-state index is -1.36. The van der Waals surface area contributed by atoms with Gasteiger partial charge in [-0.1, -0.05) is 13.0 Å². The Balaban J connectivity index is 3.02. The molecule has 1 aromatic rings. The summed E-state index contributed by atoms with van der Waals surface area (Å²) in [5.41, 5.74) is 2.50. The lowest BCUT2D eigenvalue weighted by molar-refractivity contribution is -0.130. The van der Waals surface area contributed by atoms with Crippen LogP contribution < -0.4 is 10.2 Å². The Hall–Kier alpha value is -1.89. The molecule has 2 N–H and O–H groups in total. The minimum absolute atomic E-state index is 0.141. The van der Waals surface area contributed by atoms with E-state index in [1.807, 2.05) is 0 Å². The fourth-order valence-electron chi connectivity index (χ4n) is 1.50. The number of halogens is 1. The van der Waals surface area contributed by atoms with Gasteiger partial charge in [0.05, 0.1) is 17.3 Å². The van der Waals surface area contributed by atoms with Crippen molar-refractivity contribution in [1.82, 2.24) is 0 Å². The number of aliphatic carboxylic acids is 1. The molecule has 0 heterocycles. The van der Waals surface area contributed by atoms with Crippen LogP contribution in [0.1, 0.15) is 19.8 Å². The van der Waals surface area contributed by atoms with Gasteiger partial charge in [-0.25, -0.2) is 4.79 Å². The van der Waals surface area contributed by atoms with Crippen LogP contribution in [0.5, 0.6) is 5.75 Å². The standard InChI is InChI=1S/C13H15BrN2O4/c1-3-5-10(17)11(13(18)19)16-15-9-7-4-6-8(14)12(9)20-2/h4,6-7,15H,3,5H2,1-2H3,(H,18,19). The number of nitrogens with one attached hydrogen (secondary N) is 1. The summed E-state index contributed by atoms with van der Waals surface area (Å²) in [6.07, 6.45) is 0.702. The Morgan fingerprint density at radius 3 is 2.70 bits per heavy atom. The molecular weight excluding hydrogens is 328 g/mol. The molecule has 0 unspecified atom stereocenters. The highest BCUT2D eigenvalue weighted by Crippen LogP contribution is 2.32. The van der Waals surface area contributed by atoms with Gasteiger partial charge in [0, 0.05) is 6.42 Å². The molecular formula is C13H15BrN2O4. The van der Waals surface area contributed by atoms with Crippen molar-refractivity contribution < 1.29 is 19.4 Å². The first-order chi connectivity index (χ1) is 9.51. The Labute approximate surface area is 124 Å². The van der Waals surface area contributed by atoms with Crippen LogP contribution in [0, 0.1) is 0 Å². The Bertz CT molecular complexity index is 543. The van der Waals surface area contributed by atoms with E-state index < -0.39 is 17.5 Å². The summed E-state index contributed by atoms with van der Waals surface area (Å²) in [4.78, 5) is 22.7. The minimum Gasteiger partial charge on any atom is -0.493 e. The van der Waals surface area contributed by atoms with Crippen LogP contribution in [0.4, 0.5) is 5.69 Å². The molecule has 0 radical (unpaired) electrons. The van der Waals surface area contributed by atoms with Crippen LogP contribution in [-0.4, -0.2) is 29.7 Å². The zero-order valence-corrected chi connectivity index (χ0v) is 12.7. The molecule has 0 fully saturated rings. The Morgan fingerprint density at radius 2 is 2.15 bits per heavy atom. The third kappa shape index (κ3) is 4.06. The highest BCUT2D eigenvalue weighted by Gasteiger charge is 2.19. The second-order valence-corrected chi connectivity index (χ2v) is 4.73. The van der Waals surface area contributed by atoms with Crippen LogP contribution in [-0.2, 0) is 9.59 Å². The summed E-state index contributed by atoms with van der Waals surface area (Å²) >= 11 is 3.30. The number of carbonyl (C=O) groups excluding carboxylic acids is 1. The lowest BCUT2D eigenvalue weighted by Gasteiger charge is -2.09. The highest BCUT2D eigenvalue weighted by molar-refractivity contribution is 9.10. The maximum Gasteiger partial charge on any atom is 0.360 e. The van der Waals surface area contributed by atoms with Crippen molar-refractivity contribution in [3.8, 4) is 5.75 Å². The van der Waals surface area contributed by atoms with Gasteiger partial charge in [-0.05, 0) is 34.5 Å². The van der Waals surface area contributed by atoms with Crippen molar-refractivity contribution in [3.05, 3.63) is 22.7 Å². The third-order valence-corrected chi connectivity index (χ3v) is 3.03. The van der Waals surface area contributed by atoms with E-state index in [-0.39, 0.29) is 6.42 Å². The summed E-state index contributed by atoms with van der Waals surface area (Å²) in [6, 6.07) is 5.17. The molecule has 0 saturated heterocycles. The van der Waals surface area contributed by atoms with Gasteiger partial charge in [-0.3, -0.25) is 10.2 Å². The van der Waals surface area contributed by atoms with Gasteiger partial charge >= 0.3 is 5.97 Å². The first-order valence-corrected chi connectivity index (χ1v) is 6.73. The van der Waals surface area contributed by atoms with Crippen LogP contribution in [0.2, 0.25) is 0 Å². The van der Waals surface area contributed by atoms with Crippen molar-refractivity contribution in [3.63, 3.8) is 0 Å². The number of para-hydroxylation sites is 1. The second-order valence-electron chi connectivity index (χ2n) is 3.87. The number of methoxy groups -OCH3 is 1. The fourth-order valence-corrected chi connectivity index (χ4v) is 2.02. The molecule has 7 heteroatoms. The molecule has 0 amide bonds. The van der Waals surface area contributed by atoms with Crippen LogP contribution in [0.15, 0.2) is 27.8 Å². The van der Waals surface area contributed by atoms with Crippen LogP contribution in [0.25, 0.3) is 0 Å². The first kappa shape index (κ1) is 16.2. The number of ether oxygens (including phenoxy) is 1. The number of rotatable bonds is 7. The number of carboxylic acids is 1. The molecule has 0 spiro atoms. The van der Waals surface area contributed by atoms with Crippen molar-refractivity contribution in [2.24, 2.45) is 5.10 Å². The van der Waals surface area contributed by atoms with Crippen LogP contribution >= 0.6 is 15.9 Å². The largest absolute Gasteiger partial charge is 0.493 e. The molecule has 6 nitrogen and oxygen atoms in total. The maximum atomic E-state index is 11.6. The van der Waals surface area contributed by atoms with Gasteiger partial charge in [0.1, 0.15) is 0 Å². The first-order valence-electron chi connectivity index (χ1n) is 5.94. The van der Waals surface area contributed by atoms with Gasteiger partial charge < -0.3 is 9.84 Å². The van der Waals surface area contributed by atoms with E-state index in [1.54, 1.807) is 25.1 Å². The number of nitrogens with zero attached hydrogens (tertiary/aromatic N) is 1. The van der Waals surface area contributed by atoms with Crippen molar-refractivity contribution in [1.29, 1.82) is 0 Å². The number of hydrogen-bond donors (Lipinski definition) is 2. The highest BCUT2D eigenvalue weighted by atomic mass is 79.9. The summed E-state index contributed by atoms with van der Waals surface area (Å²) in [7, 11) is 1.48. The molecule has 0 atom stereocenters. The number of ketones is 1. The van der Waals surface area contributed by atoms with Gasteiger partial charge in [0.2, 0.25) is 5.71 Å². The lowest BCUT2D eigenvalue weighted by atomic mass is 10.1.